The number of aliphatic hydroxyl groups is 3. The molecule has 1 fully saturated rings. The summed E-state index contributed by atoms with van der Waals surface area (Å²) in [4.78, 5) is 19.9. The fourth-order valence-electron chi connectivity index (χ4n) is 3.28. The third-order valence-electron chi connectivity index (χ3n) is 4.76. The van der Waals surface area contributed by atoms with Crippen molar-refractivity contribution in [3.05, 3.63) is 24.2 Å². The summed E-state index contributed by atoms with van der Waals surface area (Å²) < 4.78 is 17.1. The second kappa shape index (κ2) is 7.36. The highest BCUT2D eigenvalue weighted by Gasteiger charge is 2.53. The average molecular weight is 394 g/mol. The van der Waals surface area contributed by atoms with Crippen molar-refractivity contribution in [3.8, 4) is 0 Å². The standard InChI is InChI=1S/C17H22N4O7/c1-17(25)13(24)10(6-22)28-16(17)21-5-8(9(26-2)4-11(23)27-3)12-14(18)19-7-20-15(12)21/h4-5,7,10,13,16,22,24-25H,6H2,1-3H3,(H2,18,19,20)/t10-,13-,16?,17-/m1/s1. The lowest BCUT2D eigenvalue weighted by Crippen LogP contribution is -2.44. The van der Waals surface area contributed by atoms with Gasteiger partial charge in [0, 0.05) is 11.8 Å². The number of fused-ring (bicyclic) bond motifs is 1. The van der Waals surface area contributed by atoms with Gasteiger partial charge in [-0.3, -0.25) is 0 Å². The maximum Gasteiger partial charge on any atom is 0.334 e. The van der Waals surface area contributed by atoms with Gasteiger partial charge >= 0.3 is 5.97 Å². The third kappa shape index (κ3) is 3.07. The van der Waals surface area contributed by atoms with Crippen LogP contribution in [0.25, 0.3) is 16.8 Å². The molecule has 2 aromatic heterocycles. The molecule has 5 N–H and O–H groups in total. The second-order valence-corrected chi connectivity index (χ2v) is 6.52. The number of methoxy groups -OCH3 is 2. The molecule has 3 heterocycles. The van der Waals surface area contributed by atoms with Gasteiger partial charge in [0.1, 0.15) is 41.4 Å². The molecule has 0 amide bonds. The first-order valence-corrected chi connectivity index (χ1v) is 8.38. The summed E-state index contributed by atoms with van der Waals surface area (Å²) in [6.07, 6.45) is 0.450. The number of aliphatic hydroxyl groups excluding tert-OH is 2. The van der Waals surface area contributed by atoms with Gasteiger partial charge in [-0.15, -0.1) is 0 Å². The van der Waals surface area contributed by atoms with Gasteiger partial charge < -0.3 is 39.8 Å². The van der Waals surface area contributed by atoms with Crippen molar-refractivity contribution in [2.24, 2.45) is 0 Å². The van der Waals surface area contributed by atoms with E-state index in [1.165, 1.54) is 38.2 Å². The Labute approximate surface area is 160 Å². The molecule has 11 nitrogen and oxygen atoms in total. The highest BCUT2D eigenvalue weighted by atomic mass is 16.6. The van der Waals surface area contributed by atoms with Crippen LogP contribution in [0, 0.1) is 0 Å². The van der Waals surface area contributed by atoms with Crippen molar-refractivity contribution >= 4 is 28.6 Å². The molecule has 2 aromatic rings. The Morgan fingerprint density at radius 1 is 1.43 bits per heavy atom. The number of aromatic nitrogens is 3. The molecule has 28 heavy (non-hydrogen) atoms. The van der Waals surface area contributed by atoms with E-state index in [0.717, 1.165) is 6.08 Å². The van der Waals surface area contributed by atoms with Gasteiger partial charge in [-0.05, 0) is 6.92 Å². The molecule has 1 unspecified atom stereocenters. The van der Waals surface area contributed by atoms with E-state index in [9.17, 15) is 20.1 Å². The van der Waals surface area contributed by atoms with Crippen molar-refractivity contribution in [3.63, 3.8) is 0 Å². The smallest absolute Gasteiger partial charge is 0.334 e. The van der Waals surface area contributed by atoms with E-state index in [-0.39, 0.29) is 17.2 Å². The maximum atomic E-state index is 11.7. The van der Waals surface area contributed by atoms with Crippen molar-refractivity contribution in [2.75, 3.05) is 26.6 Å². The van der Waals surface area contributed by atoms with E-state index in [2.05, 4.69) is 14.7 Å². The largest absolute Gasteiger partial charge is 0.496 e. The highest BCUT2D eigenvalue weighted by molar-refractivity contribution is 6.00. The molecule has 0 aliphatic carbocycles. The Morgan fingerprint density at radius 2 is 2.14 bits per heavy atom. The molecule has 152 valence electrons. The van der Waals surface area contributed by atoms with E-state index in [0.29, 0.717) is 10.9 Å². The quantitative estimate of drug-likeness (QED) is 0.286. The summed E-state index contributed by atoms with van der Waals surface area (Å²) in [7, 11) is 2.60. The van der Waals surface area contributed by atoms with Gasteiger partial charge in [0.2, 0.25) is 0 Å². The van der Waals surface area contributed by atoms with Gasteiger partial charge in [0.25, 0.3) is 0 Å². The Morgan fingerprint density at radius 3 is 2.71 bits per heavy atom. The van der Waals surface area contributed by atoms with Crippen LogP contribution in [-0.2, 0) is 19.0 Å². The molecule has 0 saturated carbocycles. The Bertz CT molecular complexity index is 924. The molecule has 1 aliphatic rings. The number of carbonyl (C=O) groups is 1. The second-order valence-electron chi connectivity index (χ2n) is 6.52. The molecule has 1 aliphatic heterocycles. The van der Waals surface area contributed by atoms with Gasteiger partial charge in [0.15, 0.2) is 6.23 Å². The van der Waals surface area contributed by atoms with Gasteiger partial charge in [-0.1, -0.05) is 0 Å². The average Bonchev–Trinajstić information content (AvgIpc) is 3.16. The fraction of sp³-hybridized carbons (Fsp3) is 0.471. The van der Waals surface area contributed by atoms with Gasteiger partial charge in [-0.25, -0.2) is 14.8 Å². The van der Waals surface area contributed by atoms with Crippen molar-refractivity contribution in [1.82, 2.24) is 14.5 Å². The monoisotopic (exact) mass is 394 g/mol. The van der Waals surface area contributed by atoms with Gasteiger partial charge in [-0.2, -0.15) is 0 Å². The zero-order chi connectivity index (χ0) is 20.6. The number of hydrogen-bond donors (Lipinski definition) is 4. The highest BCUT2D eigenvalue weighted by Crippen LogP contribution is 2.41. The van der Waals surface area contributed by atoms with E-state index in [1.807, 2.05) is 0 Å². The molecule has 0 aromatic carbocycles. The lowest BCUT2D eigenvalue weighted by atomic mass is 9.96. The number of esters is 1. The number of anilines is 1. The molecule has 1 saturated heterocycles. The van der Waals surface area contributed by atoms with Crippen LogP contribution in [0.15, 0.2) is 18.6 Å². The zero-order valence-corrected chi connectivity index (χ0v) is 15.6. The number of nitrogens with two attached hydrogens (primary N) is 1. The summed E-state index contributed by atoms with van der Waals surface area (Å²) in [5, 5.41) is 30.9. The molecule has 11 heteroatoms. The summed E-state index contributed by atoms with van der Waals surface area (Å²) in [5.41, 5.74) is 4.92. The first kappa shape index (κ1) is 20.0. The van der Waals surface area contributed by atoms with Crippen LogP contribution in [0.5, 0.6) is 0 Å². The van der Waals surface area contributed by atoms with E-state index in [4.69, 9.17) is 15.2 Å². The number of rotatable bonds is 5. The molecule has 0 spiro atoms. The Balaban J connectivity index is 2.22. The van der Waals surface area contributed by atoms with E-state index in [1.54, 1.807) is 0 Å². The summed E-state index contributed by atoms with van der Waals surface area (Å²) in [6.45, 7) is 0.901. The third-order valence-corrected chi connectivity index (χ3v) is 4.76. The van der Waals surface area contributed by atoms with Crippen molar-refractivity contribution in [1.29, 1.82) is 0 Å². The number of ether oxygens (including phenoxy) is 3. The Kier molecular flexibility index (Phi) is 5.26. The summed E-state index contributed by atoms with van der Waals surface area (Å²) >= 11 is 0. The predicted molar refractivity (Wildman–Crippen MR) is 96.6 cm³/mol. The molecular weight excluding hydrogens is 372 g/mol. The van der Waals surface area contributed by atoms with E-state index < -0.39 is 36.6 Å². The zero-order valence-electron chi connectivity index (χ0n) is 15.6. The number of nitrogen functional groups attached to an aromatic ring is 1. The van der Waals surface area contributed by atoms with Crippen molar-refractivity contribution < 1.29 is 34.3 Å². The van der Waals surface area contributed by atoms with E-state index >= 15 is 0 Å². The van der Waals surface area contributed by atoms with Crippen LogP contribution in [0.1, 0.15) is 18.7 Å². The first-order chi connectivity index (χ1) is 13.3. The molecule has 4 atom stereocenters. The Hall–Kier alpha value is -2.73. The summed E-state index contributed by atoms with van der Waals surface area (Å²) in [6, 6.07) is 0. The lowest BCUT2D eigenvalue weighted by Gasteiger charge is -2.27. The minimum Gasteiger partial charge on any atom is -0.496 e. The summed E-state index contributed by atoms with van der Waals surface area (Å²) in [5.74, 6) is -0.398. The molecule has 0 bridgehead atoms. The maximum absolute atomic E-state index is 11.7. The number of nitrogens with zero attached hydrogens (tertiary/aromatic N) is 3. The normalized spacial score (nSPS) is 27.9. The molecule has 0 radical (unpaired) electrons. The van der Waals surface area contributed by atoms with Crippen LogP contribution in [0.3, 0.4) is 0 Å². The van der Waals surface area contributed by atoms with Crippen LogP contribution >= 0.6 is 0 Å². The van der Waals surface area contributed by atoms with Crippen molar-refractivity contribution in [2.45, 2.75) is 31.0 Å². The van der Waals surface area contributed by atoms with Crippen LogP contribution < -0.4 is 5.73 Å². The fourth-order valence-corrected chi connectivity index (χ4v) is 3.28. The minimum absolute atomic E-state index is 0.114. The minimum atomic E-state index is -1.74. The SMILES string of the molecule is COC(=O)C=C(OC)c1cn(C2O[C@H](CO)[C@@H](O)[C@@]2(C)O)c2ncnc(N)c12. The molecular formula is C17H22N4O7. The predicted octanol–water partition coefficient (Wildman–Crippen LogP) is -0.825. The van der Waals surface area contributed by atoms with Crippen LogP contribution in [0.4, 0.5) is 5.82 Å². The lowest BCUT2D eigenvalue weighted by molar-refractivity contribution is -0.134. The van der Waals surface area contributed by atoms with Gasteiger partial charge in [0.05, 0.1) is 32.3 Å². The first-order valence-electron chi connectivity index (χ1n) is 8.38. The number of carbonyl (C=O) groups excluding carboxylic acids is 1. The van der Waals surface area contributed by atoms with Crippen LogP contribution in [-0.4, -0.2) is 74.5 Å². The van der Waals surface area contributed by atoms with Crippen LogP contribution in [0.2, 0.25) is 0 Å². The molecule has 3 rings (SSSR count). The number of hydrogen-bond acceptors (Lipinski definition) is 10. The topological polar surface area (TPSA) is 162 Å².